The van der Waals surface area contributed by atoms with Gasteiger partial charge in [0, 0.05) is 29.2 Å². The molecule has 20 heavy (non-hydrogen) atoms. The van der Waals surface area contributed by atoms with E-state index in [9.17, 15) is 9.59 Å². The predicted octanol–water partition coefficient (Wildman–Crippen LogP) is 3.08. The molecule has 0 saturated carbocycles. The minimum atomic E-state index is -0.197. The molecule has 0 atom stereocenters. The molecule has 100 valence electrons. The summed E-state index contributed by atoms with van der Waals surface area (Å²) in [6, 6.07) is 10.7. The number of hydrogen-bond donors (Lipinski definition) is 0. The van der Waals surface area contributed by atoms with Gasteiger partial charge in [-0.15, -0.1) is 0 Å². The van der Waals surface area contributed by atoms with Gasteiger partial charge in [0.15, 0.2) is 5.78 Å². The van der Waals surface area contributed by atoms with Crippen molar-refractivity contribution in [1.82, 2.24) is 4.98 Å². The molecule has 0 N–H and O–H groups in total. The second-order valence-corrected chi connectivity index (χ2v) is 5.34. The van der Waals surface area contributed by atoms with Crippen LogP contribution in [0.5, 0.6) is 0 Å². The Morgan fingerprint density at radius 1 is 1.20 bits per heavy atom. The minimum Gasteiger partial charge on any atom is -0.306 e. The molecule has 2 heterocycles. The van der Waals surface area contributed by atoms with E-state index in [2.05, 4.69) is 20.9 Å². The van der Waals surface area contributed by atoms with Crippen LogP contribution in [0.2, 0.25) is 0 Å². The van der Waals surface area contributed by atoms with Gasteiger partial charge in [0.1, 0.15) is 5.69 Å². The number of carbonyl (C=O) groups excluding carboxylic acids is 2. The molecule has 0 unspecified atom stereocenters. The highest BCUT2D eigenvalue weighted by Crippen LogP contribution is 2.29. The molecule has 4 nitrogen and oxygen atoms in total. The van der Waals surface area contributed by atoms with Crippen molar-refractivity contribution in [2.75, 3.05) is 11.4 Å². The highest BCUT2D eigenvalue weighted by atomic mass is 79.9. The van der Waals surface area contributed by atoms with E-state index in [-0.39, 0.29) is 11.7 Å². The van der Waals surface area contributed by atoms with Crippen molar-refractivity contribution in [2.45, 2.75) is 6.42 Å². The lowest BCUT2D eigenvalue weighted by Gasteiger charge is -2.28. The molecule has 2 aromatic rings. The molecule has 0 fully saturated rings. The highest BCUT2D eigenvalue weighted by molar-refractivity contribution is 9.10. The Hall–Kier alpha value is -2.01. The molecule has 0 spiro atoms. The molecule has 1 aliphatic rings. The van der Waals surface area contributed by atoms with E-state index in [1.165, 1.54) is 0 Å². The van der Waals surface area contributed by atoms with E-state index in [1.807, 2.05) is 6.07 Å². The smallest absolute Gasteiger partial charge is 0.278 e. The van der Waals surface area contributed by atoms with Gasteiger partial charge in [-0.25, -0.2) is 4.98 Å². The van der Waals surface area contributed by atoms with Crippen LogP contribution >= 0.6 is 15.9 Å². The lowest BCUT2D eigenvalue weighted by Crippen LogP contribution is -2.38. The number of hydrogen-bond acceptors (Lipinski definition) is 3. The van der Waals surface area contributed by atoms with Crippen molar-refractivity contribution in [2.24, 2.45) is 0 Å². The van der Waals surface area contributed by atoms with Crippen molar-refractivity contribution in [3.63, 3.8) is 0 Å². The van der Waals surface area contributed by atoms with Crippen molar-refractivity contribution in [3.8, 4) is 0 Å². The van der Waals surface area contributed by atoms with Crippen molar-refractivity contribution in [3.05, 3.63) is 58.3 Å². The number of aromatic nitrogens is 1. The number of anilines is 1. The van der Waals surface area contributed by atoms with Crippen molar-refractivity contribution >= 4 is 33.3 Å². The maximum Gasteiger partial charge on any atom is 0.278 e. The molecule has 0 bridgehead atoms. The molecule has 5 heteroatoms. The summed E-state index contributed by atoms with van der Waals surface area (Å²) in [6.45, 7) is 0.387. The van der Waals surface area contributed by atoms with Crippen LogP contribution in [0.1, 0.15) is 27.3 Å². The Morgan fingerprint density at radius 3 is 2.80 bits per heavy atom. The van der Waals surface area contributed by atoms with Gasteiger partial charge in [0.2, 0.25) is 0 Å². The van der Waals surface area contributed by atoms with Gasteiger partial charge >= 0.3 is 0 Å². The number of pyridine rings is 1. The molecular formula is C15H11BrN2O2. The third kappa shape index (κ3) is 2.14. The first kappa shape index (κ1) is 13.0. The SMILES string of the molecule is O=C1CCN(C(=O)c2ncccc2Br)c2ccccc21. The Kier molecular flexibility index (Phi) is 3.36. The maximum atomic E-state index is 12.6. The van der Waals surface area contributed by atoms with Crippen LogP contribution in [-0.4, -0.2) is 23.2 Å². The van der Waals surface area contributed by atoms with Gasteiger partial charge in [-0.2, -0.15) is 0 Å². The molecule has 0 aliphatic carbocycles. The Labute approximate surface area is 124 Å². The van der Waals surface area contributed by atoms with Gasteiger partial charge in [-0.05, 0) is 40.2 Å². The topological polar surface area (TPSA) is 50.3 Å². The molecule has 3 rings (SSSR count). The average molecular weight is 331 g/mol. The first-order chi connectivity index (χ1) is 9.68. The van der Waals surface area contributed by atoms with Crippen LogP contribution in [-0.2, 0) is 0 Å². The summed E-state index contributed by atoms with van der Waals surface area (Å²) in [5, 5.41) is 0. The van der Waals surface area contributed by atoms with Crippen LogP contribution in [0.3, 0.4) is 0 Å². The van der Waals surface area contributed by atoms with Gasteiger partial charge in [-0.1, -0.05) is 12.1 Å². The fourth-order valence-electron chi connectivity index (χ4n) is 2.30. The van der Waals surface area contributed by atoms with Gasteiger partial charge in [0.25, 0.3) is 5.91 Å². The van der Waals surface area contributed by atoms with Crippen LogP contribution in [0.25, 0.3) is 0 Å². The Balaban J connectivity index is 2.04. The van der Waals surface area contributed by atoms with Gasteiger partial charge < -0.3 is 4.90 Å². The lowest BCUT2D eigenvalue weighted by atomic mass is 10.00. The molecule has 1 aromatic carbocycles. The fraction of sp³-hybridized carbons (Fsp3) is 0.133. The Bertz CT molecular complexity index is 700. The van der Waals surface area contributed by atoms with Crippen molar-refractivity contribution in [1.29, 1.82) is 0 Å². The van der Waals surface area contributed by atoms with Crippen LogP contribution in [0.4, 0.5) is 5.69 Å². The zero-order valence-electron chi connectivity index (χ0n) is 10.5. The second kappa shape index (κ2) is 5.17. The van der Waals surface area contributed by atoms with E-state index in [1.54, 1.807) is 41.4 Å². The quantitative estimate of drug-likeness (QED) is 0.807. The fourth-order valence-corrected chi connectivity index (χ4v) is 2.72. The summed E-state index contributed by atoms with van der Waals surface area (Å²) < 4.78 is 0.652. The normalized spacial score (nSPS) is 14.1. The summed E-state index contributed by atoms with van der Waals surface area (Å²) in [4.78, 5) is 30.2. The Morgan fingerprint density at radius 2 is 2.00 bits per heavy atom. The van der Waals surface area contributed by atoms with Crippen LogP contribution in [0.15, 0.2) is 47.1 Å². The first-order valence-electron chi connectivity index (χ1n) is 6.23. The summed E-state index contributed by atoms with van der Waals surface area (Å²) >= 11 is 3.34. The number of amides is 1. The van der Waals surface area contributed by atoms with E-state index in [0.29, 0.717) is 34.4 Å². The molecular weight excluding hydrogens is 320 g/mol. The molecule has 0 saturated heterocycles. The number of halogens is 1. The van der Waals surface area contributed by atoms with E-state index >= 15 is 0 Å². The number of para-hydroxylation sites is 1. The summed E-state index contributed by atoms with van der Waals surface area (Å²) in [5.74, 6) is -0.123. The number of carbonyl (C=O) groups is 2. The standard InChI is InChI=1S/C15H11BrN2O2/c16-11-5-3-8-17-14(11)15(20)18-9-7-13(19)10-4-1-2-6-12(10)18/h1-6,8H,7,9H2. The minimum absolute atomic E-state index is 0.0738. The molecule has 1 amide bonds. The second-order valence-electron chi connectivity index (χ2n) is 4.48. The first-order valence-corrected chi connectivity index (χ1v) is 7.02. The zero-order valence-corrected chi connectivity index (χ0v) is 12.1. The number of Topliss-reactive ketones (excluding diaryl/α,β-unsaturated/α-hetero) is 1. The zero-order chi connectivity index (χ0) is 14.1. The number of fused-ring (bicyclic) bond motifs is 1. The number of ketones is 1. The molecule has 0 radical (unpaired) electrons. The van der Waals surface area contributed by atoms with E-state index in [0.717, 1.165) is 0 Å². The van der Waals surface area contributed by atoms with Crippen molar-refractivity contribution < 1.29 is 9.59 Å². The van der Waals surface area contributed by atoms with Gasteiger partial charge in [0.05, 0.1) is 5.69 Å². The maximum absolute atomic E-state index is 12.6. The predicted molar refractivity (Wildman–Crippen MR) is 79.0 cm³/mol. The third-order valence-corrected chi connectivity index (χ3v) is 3.90. The van der Waals surface area contributed by atoms with E-state index in [4.69, 9.17) is 0 Å². The average Bonchev–Trinajstić information content (AvgIpc) is 2.48. The summed E-state index contributed by atoms with van der Waals surface area (Å²) in [5.41, 5.74) is 1.61. The summed E-state index contributed by atoms with van der Waals surface area (Å²) in [7, 11) is 0. The van der Waals surface area contributed by atoms with Gasteiger partial charge in [-0.3, -0.25) is 9.59 Å². The molecule has 1 aromatic heterocycles. The number of benzene rings is 1. The van der Waals surface area contributed by atoms with E-state index < -0.39 is 0 Å². The highest BCUT2D eigenvalue weighted by Gasteiger charge is 2.28. The largest absolute Gasteiger partial charge is 0.306 e. The number of rotatable bonds is 1. The lowest BCUT2D eigenvalue weighted by molar-refractivity contribution is 0.0952. The van der Waals surface area contributed by atoms with Crippen LogP contribution in [0, 0.1) is 0 Å². The number of nitrogens with zero attached hydrogens (tertiary/aromatic N) is 2. The third-order valence-electron chi connectivity index (χ3n) is 3.26. The molecule has 1 aliphatic heterocycles. The summed E-state index contributed by atoms with van der Waals surface area (Å²) in [6.07, 6.45) is 1.92. The monoisotopic (exact) mass is 330 g/mol. The van der Waals surface area contributed by atoms with Crippen LogP contribution < -0.4 is 4.90 Å².